The van der Waals surface area contributed by atoms with Gasteiger partial charge < -0.3 is 20.1 Å². The number of aliphatic hydroxyl groups excluding tert-OH is 3. The summed E-state index contributed by atoms with van der Waals surface area (Å²) in [7, 11) is 0. The Morgan fingerprint density at radius 1 is 1.16 bits per heavy atom. The normalized spacial score (nSPS) is 15.2. The number of ether oxygens (including phenoxy) is 1. The monoisotopic (exact) mass is 268 g/mol. The average Bonchev–Trinajstić information content (AvgIpc) is 2.39. The maximum Gasteiger partial charge on any atom is 0.0795 e. The Morgan fingerprint density at radius 3 is 2.37 bits per heavy atom. The first-order valence-electron chi connectivity index (χ1n) is 6.54. The number of rotatable bonds is 8. The molecule has 4 heteroatoms. The molecule has 0 aliphatic rings. The average molecular weight is 268 g/mol. The predicted octanol–water partition coefficient (Wildman–Crippen LogP) is 1.33. The summed E-state index contributed by atoms with van der Waals surface area (Å²) in [5, 5.41) is 28.2. The summed E-state index contributed by atoms with van der Waals surface area (Å²) in [6.07, 6.45) is -1.45. The lowest BCUT2D eigenvalue weighted by atomic mass is 9.84. The van der Waals surface area contributed by atoms with E-state index >= 15 is 0 Å². The number of hydrogen-bond acceptors (Lipinski definition) is 4. The topological polar surface area (TPSA) is 69.9 Å². The fourth-order valence-corrected chi connectivity index (χ4v) is 1.75. The van der Waals surface area contributed by atoms with E-state index < -0.39 is 17.6 Å². The first kappa shape index (κ1) is 16.1. The molecule has 108 valence electrons. The molecule has 0 heterocycles. The minimum Gasteiger partial charge on any atom is -0.394 e. The van der Waals surface area contributed by atoms with Gasteiger partial charge in [0.15, 0.2) is 0 Å². The van der Waals surface area contributed by atoms with Crippen molar-refractivity contribution >= 4 is 0 Å². The Balaban J connectivity index is 2.37. The molecule has 1 aromatic carbocycles. The van der Waals surface area contributed by atoms with Crippen molar-refractivity contribution in [1.82, 2.24) is 0 Å². The van der Waals surface area contributed by atoms with Gasteiger partial charge in [-0.3, -0.25) is 0 Å². The number of hydrogen-bond donors (Lipinski definition) is 3. The molecule has 2 unspecified atom stereocenters. The van der Waals surface area contributed by atoms with Gasteiger partial charge >= 0.3 is 0 Å². The molecule has 3 N–H and O–H groups in total. The maximum atomic E-state index is 10.0. The number of benzene rings is 1. The van der Waals surface area contributed by atoms with E-state index in [9.17, 15) is 10.2 Å². The van der Waals surface area contributed by atoms with Crippen LogP contribution >= 0.6 is 0 Å². The highest BCUT2D eigenvalue weighted by Gasteiger charge is 2.29. The van der Waals surface area contributed by atoms with Crippen molar-refractivity contribution in [1.29, 1.82) is 0 Å². The summed E-state index contributed by atoms with van der Waals surface area (Å²) >= 11 is 0. The molecule has 1 rings (SSSR count). The summed E-state index contributed by atoms with van der Waals surface area (Å²) in [6, 6.07) is 9.83. The molecule has 0 aliphatic heterocycles. The van der Waals surface area contributed by atoms with Crippen LogP contribution in [0.5, 0.6) is 0 Å². The SMILES string of the molecule is CC(C)(COCc1ccccc1)C(O)CC(O)CO. The zero-order valence-electron chi connectivity index (χ0n) is 11.6. The van der Waals surface area contributed by atoms with E-state index in [4.69, 9.17) is 9.84 Å². The first-order chi connectivity index (χ1) is 8.95. The molecule has 0 bridgehead atoms. The molecule has 0 amide bonds. The van der Waals surface area contributed by atoms with E-state index in [1.165, 1.54) is 0 Å². The van der Waals surface area contributed by atoms with Gasteiger partial charge in [-0.1, -0.05) is 44.2 Å². The van der Waals surface area contributed by atoms with Crippen molar-refractivity contribution in [3.63, 3.8) is 0 Å². The molecule has 0 aliphatic carbocycles. The molecule has 0 saturated carbocycles. The molecule has 1 aromatic rings. The first-order valence-corrected chi connectivity index (χ1v) is 6.54. The standard InChI is InChI=1S/C15H24O4/c1-15(2,14(18)8-13(17)9-16)11-19-10-12-6-4-3-5-7-12/h3-7,13-14,16-18H,8-11H2,1-2H3. The zero-order chi connectivity index (χ0) is 14.3. The van der Waals surface area contributed by atoms with Crippen molar-refractivity contribution < 1.29 is 20.1 Å². The second-order valence-electron chi connectivity index (χ2n) is 5.55. The summed E-state index contributed by atoms with van der Waals surface area (Å²) in [4.78, 5) is 0. The second kappa shape index (κ2) is 7.60. The van der Waals surface area contributed by atoms with E-state index in [0.29, 0.717) is 13.2 Å². The summed E-state index contributed by atoms with van der Waals surface area (Å²) in [5.74, 6) is 0. The van der Waals surface area contributed by atoms with Crippen molar-refractivity contribution in [3.05, 3.63) is 35.9 Å². The third-order valence-corrected chi connectivity index (χ3v) is 3.19. The van der Waals surface area contributed by atoms with E-state index in [1.54, 1.807) is 0 Å². The summed E-state index contributed by atoms with van der Waals surface area (Å²) < 4.78 is 5.62. The van der Waals surface area contributed by atoms with Crippen molar-refractivity contribution in [2.75, 3.05) is 13.2 Å². The van der Waals surface area contributed by atoms with Gasteiger partial charge in [-0.05, 0) is 5.56 Å². The minimum atomic E-state index is -0.886. The highest BCUT2D eigenvalue weighted by Crippen LogP contribution is 2.25. The van der Waals surface area contributed by atoms with Gasteiger partial charge in [-0.15, -0.1) is 0 Å². The van der Waals surface area contributed by atoms with Crippen LogP contribution in [0.4, 0.5) is 0 Å². The quantitative estimate of drug-likeness (QED) is 0.665. The van der Waals surface area contributed by atoms with Crippen molar-refractivity contribution in [2.45, 2.75) is 39.1 Å². The molecule has 2 atom stereocenters. The third kappa shape index (κ3) is 5.70. The van der Waals surface area contributed by atoms with E-state index in [1.807, 2.05) is 44.2 Å². The van der Waals surface area contributed by atoms with Gasteiger partial charge in [0.05, 0.1) is 32.0 Å². The predicted molar refractivity (Wildman–Crippen MR) is 73.6 cm³/mol. The lowest BCUT2D eigenvalue weighted by molar-refractivity contribution is -0.0546. The Morgan fingerprint density at radius 2 is 1.79 bits per heavy atom. The second-order valence-corrected chi connectivity index (χ2v) is 5.55. The largest absolute Gasteiger partial charge is 0.394 e. The molecular weight excluding hydrogens is 244 g/mol. The van der Waals surface area contributed by atoms with Crippen molar-refractivity contribution in [2.24, 2.45) is 5.41 Å². The molecule has 0 radical (unpaired) electrons. The highest BCUT2D eigenvalue weighted by atomic mass is 16.5. The van der Waals surface area contributed by atoms with Crippen LogP contribution in [0.2, 0.25) is 0 Å². The molecule has 0 spiro atoms. The van der Waals surface area contributed by atoms with Crippen LogP contribution < -0.4 is 0 Å². The Hall–Kier alpha value is -0.940. The number of aliphatic hydroxyl groups is 3. The van der Waals surface area contributed by atoms with Crippen molar-refractivity contribution in [3.8, 4) is 0 Å². The maximum absolute atomic E-state index is 10.0. The minimum absolute atomic E-state index is 0.151. The lowest BCUT2D eigenvalue weighted by Gasteiger charge is -2.31. The van der Waals surface area contributed by atoms with Crippen LogP contribution in [0.1, 0.15) is 25.8 Å². The summed E-state index contributed by atoms with van der Waals surface area (Å²) in [6.45, 7) is 4.32. The van der Waals surface area contributed by atoms with Crippen LogP contribution in [-0.4, -0.2) is 40.7 Å². The molecule has 19 heavy (non-hydrogen) atoms. The van der Waals surface area contributed by atoms with Gasteiger partial charge in [0.1, 0.15) is 0 Å². The Bertz CT molecular complexity index is 350. The van der Waals surface area contributed by atoms with E-state index in [-0.39, 0.29) is 13.0 Å². The Kier molecular flexibility index (Phi) is 6.45. The van der Waals surface area contributed by atoms with E-state index in [2.05, 4.69) is 0 Å². The van der Waals surface area contributed by atoms with Crippen LogP contribution in [0.3, 0.4) is 0 Å². The fourth-order valence-electron chi connectivity index (χ4n) is 1.75. The van der Waals surface area contributed by atoms with Gasteiger partial charge in [0.2, 0.25) is 0 Å². The zero-order valence-corrected chi connectivity index (χ0v) is 11.6. The summed E-state index contributed by atoms with van der Waals surface area (Å²) in [5.41, 5.74) is 0.619. The molecular formula is C15H24O4. The fraction of sp³-hybridized carbons (Fsp3) is 0.600. The van der Waals surface area contributed by atoms with Gasteiger partial charge in [0, 0.05) is 11.8 Å². The molecule has 0 saturated heterocycles. The van der Waals surface area contributed by atoms with Crippen LogP contribution in [0.15, 0.2) is 30.3 Å². The molecule has 0 aromatic heterocycles. The lowest BCUT2D eigenvalue weighted by Crippen LogP contribution is -2.37. The van der Waals surface area contributed by atoms with Crippen LogP contribution in [0, 0.1) is 5.41 Å². The van der Waals surface area contributed by atoms with Crippen LogP contribution in [0.25, 0.3) is 0 Å². The van der Waals surface area contributed by atoms with Gasteiger partial charge in [-0.25, -0.2) is 0 Å². The van der Waals surface area contributed by atoms with Gasteiger partial charge in [0.25, 0.3) is 0 Å². The van der Waals surface area contributed by atoms with E-state index in [0.717, 1.165) is 5.56 Å². The Labute approximate surface area is 114 Å². The van der Waals surface area contributed by atoms with Crippen LogP contribution in [-0.2, 0) is 11.3 Å². The smallest absolute Gasteiger partial charge is 0.0795 e. The molecule has 0 fully saturated rings. The third-order valence-electron chi connectivity index (χ3n) is 3.19. The van der Waals surface area contributed by atoms with Gasteiger partial charge in [-0.2, -0.15) is 0 Å². The highest BCUT2D eigenvalue weighted by molar-refractivity contribution is 5.13. The molecule has 4 nitrogen and oxygen atoms in total.